The largest absolute Gasteiger partial charge is 0.336 e. The van der Waals surface area contributed by atoms with E-state index in [9.17, 15) is 9.59 Å². The molecular formula is C27H26N3O2. The maximum Gasteiger partial charge on any atom is 0.253 e. The van der Waals surface area contributed by atoms with Gasteiger partial charge in [0.1, 0.15) is 0 Å². The topological polar surface area (TPSA) is 43.9 Å². The van der Waals surface area contributed by atoms with E-state index in [-0.39, 0.29) is 11.8 Å². The van der Waals surface area contributed by atoms with E-state index in [1.165, 1.54) is 0 Å². The maximum absolute atomic E-state index is 12.8. The lowest BCUT2D eigenvalue weighted by molar-refractivity contribution is 0.0219. The first-order valence-corrected chi connectivity index (χ1v) is 11.1. The minimum absolute atomic E-state index is 0.0749. The van der Waals surface area contributed by atoms with Crippen molar-refractivity contribution in [3.63, 3.8) is 0 Å². The number of hydrogen-bond donors (Lipinski definition) is 0. The molecule has 0 spiro atoms. The van der Waals surface area contributed by atoms with Crippen molar-refractivity contribution in [1.29, 1.82) is 0 Å². The van der Waals surface area contributed by atoms with Crippen LogP contribution in [0, 0.1) is 6.54 Å². The van der Waals surface area contributed by atoms with Crippen molar-refractivity contribution < 1.29 is 9.59 Å². The second-order valence-corrected chi connectivity index (χ2v) is 8.34. The lowest BCUT2D eigenvalue weighted by Gasteiger charge is -2.47. The predicted molar refractivity (Wildman–Crippen MR) is 125 cm³/mol. The quantitative estimate of drug-likeness (QED) is 0.640. The summed E-state index contributed by atoms with van der Waals surface area (Å²) in [6.07, 6.45) is 0. The van der Waals surface area contributed by atoms with Gasteiger partial charge in [0.05, 0.1) is 0 Å². The van der Waals surface area contributed by atoms with E-state index in [0.717, 1.165) is 41.9 Å². The van der Waals surface area contributed by atoms with E-state index < -0.39 is 0 Å². The van der Waals surface area contributed by atoms with Gasteiger partial charge in [-0.05, 0) is 35.4 Å². The third-order valence-electron chi connectivity index (χ3n) is 6.33. The van der Waals surface area contributed by atoms with Crippen LogP contribution >= 0.6 is 0 Å². The molecule has 1 radical (unpaired) electrons. The molecule has 0 saturated carbocycles. The summed E-state index contributed by atoms with van der Waals surface area (Å²) >= 11 is 0. The van der Waals surface area contributed by atoms with Crippen molar-refractivity contribution in [2.24, 2.45) is 0 Å². The fourth-order valence-electron chi connectivity index (χ4n) is 4.35. The Morgan fingerprint density at radius 1 is 0.625 bits per heavy atom. The van der Waals surface area contributed by atoms with Gasteiger partial charge in [-0.3, -0.25) is 14.5 Å². The number of likely N-dealkylation sites (tertiary alicyclic amines) is 1. The Hall–Kier alpha value is -3.44. The molecule has 3 aromatic carbocycles. The number of nitrogens with zero attached hydrogens (tertiary/aromatic N) is 3. The van der Waals surface area contributed by atoms with Gasteiger partial charge in [-0.15, -0.1) is 0 Å². The number of piperazine rings is 1. The van der Waals surface area contributed by atoms with E-state index in [1.807, 2.05) is 82.6 Å². The van der Waals surface area contributed by atoms with E-state index >= 15 is 0 Å². The van der Waals surface area contributed by atoms with E-state index in [0.29, 0.717) is 19.1 Å². The molecule has 2 amide bonds. The molecule has 3 aromatic rings. The highest BCUT2D eigenvalue weighted by atomic mass is 16.2. The molecule has 0 bridgehead atoms. The van der Waals surface area contributed by atoms with Crippen LogP contribution < -0.4 is 0 Å². The Balaban J connectivity index is 1.11. The van der Waals surface area contributed by atoms with Gasteiger partial charge in [0.2, 0.25) is 0 Å². The van der Waals surface area contributed by atoms with Crippen LogP contribution in [0.15, 0.2) is 84.9 Å². The van der Waals surface area contributed by atoms with Gasteiger partial charge in [-0.2, -0.15) is 0 Å². The fourth-order valence-corrected chi connectivity index (χ4v) is 4.35. The minimum atomic E-state index is 0.0749. The maximum atomic E-state index is 12.8. The van der Waals surface area contributed by atoms with Gasteiger partial charge in [0, 0.05) is 56.4 Å². The summed E-state index contributed by atoms with van der Waals surface area (Å²) in [5.74, 6) is 0.157. The molecule has 161 valence electrons. The fraction of sp³-hybridized carbons (Fsp3) is 0.222. The van der Waals surface area contributed by atoms with Crippen molar-refractivity contribution in [2.45, 2.75) is 6.04 Å². The Morgan fingerprint density at radius 3 is 1.81 bits per heavy atom. The van der Waals surface area contributed by atoms with E-state index in [1.54, 1.807) is 0 Å². The van der Waals surface area contributed by atoms with Crippen LogP contribution in [0.25, 0.3) is 11.1 Å². The van der Waals surface area contributed by atoms with Crippen molar-refractivity contribution >= 4 is 11.8 Å². The van der Waals surface area contributed by atoms with Gasteiger partial charge in [0.15, 0.2) is 0 Å². The highest BCUT2D eigenvalue weighted by Crippen LogP contribution is 2.24. The van der Waals surface area contributed by atoms with Crippen LogP contribution in [0.2, 0.25) is 0 Å². The van der Waals surface area contributed by atoms with Crippen molar-refractivity contribution in [2.75, 3.05) is 32.7 Å². The number of carbonyl (C=O) groups excluding carboxylic acids is 2. The zero-order valence-corrected chi connectivity index (χ0v) is 17.9. The molecule has 0 unspecified atom stereocenters. The van der Waals surface area contributed by atoms with E-state index in [2.05, 4.69) is 23.6 Å². The average Bonchev–Trinajstić information content (AvgIpc) is 2.84. The summed E-state index contributed by atoms with van der Waals surface area (Å²) in [4.78, 5) is 31.5. The van der Waals surface area contributed by atoms with Crippen LogP contribution in [0.5, 0.6) is 0 Å². The Morgan fingerprint density at radius 2 is 1.19 bits per heavy atom. The molecular weight excluding hydrogens is 398 g/mol. The average molecular weight is 425 g/mol. The number of amides is 2. The lowest BCUT2D eigenvalue weighted by atomic mass is 10.0. The SMILES string of the molecule is O=C(c1ccccc1)N1C[CH]N(C2CN(C(=O)c3ccc(-c4ccccc4)cc3)C2)CC1. The summed E-state index contributed by atoms with van der Waals surface area (Å²) in [7, 11) is 0. The summed E-state index contributed by atoms with van der Waals surface area (Å²) in [5, 5.41) is 0. The number of hydrogen-bond acceptors (Lipinski definition) is 3. The highest BCUT2D eigenvalue weighted by Gasteiger charge is 2.37. The van der Waals surface area contributed by atoms with Crippen molar-refractivity contribution in [3.05, 3.63) is 103 Å². The molecule has 0 aliphatic carbocycles. The lowest BCUT2D eigenvalue weighted by Crippen LogP contribution is -2.63. The van der Waals surface area contributed by atoms with Gasteiger partial charge >= 0.3 is 0 Å². The first-order chi connectivity index (χ1) is 15.7. The predicted octanol–water partition coefficient (Wildman–Crippen LogP) is 3.80. The Labute approximate surface area is 188 Å². The van der Waals surface area contributed by atoms with Gasteiger partial charge in [-0.1, -0.05) is 60.7 Å². The number of carbonyl (C=O) groups is 2. The standard InChI is InChI=1S/C27H26N3O2/c31-26(23-9-5-2-6-10-23)29-17-15-28(16-18-29)25-19-30(20-25)27(32)24-13-11-22(12-14-24)21-7-3-1-4-8-21/h1-15,25H,16-20H2. The van der Waals surface area contributed by atoms with Gasteiger partial charge < -0.3 is 9.80 Å². The molecule has 32 heavy (non-hydrogen) atoms. The van der Waals surface area contributed by atoms with Crippen LogP contribution in [-0.2, 0) is 0 Å². The Bertz CT molecular complexity index is 1070. The van der Waals surface area contributed by atoms with Crippen LogP contribution in [0.4, 0.5) is 0 Å². The zero-order valence-electron chi connectivity index (χ0n) is 17.9. The summed E-state index contributed by atoms with van der Waals surface area (Å²) < 4.78 is 0. The smallest absolute Gasteiger partial charge is 0.253 e. The minimum Gasteiger partial charge on any atom is -0.336 e. The molecule has 5 rings (SSSR count). The molecule has 0 atom stereocenters. The number of benzene rings is 3. The van der Waals surface area contributed by atoms with Crippen LogP contribution in [0.1, 0.15) is 20.7 Å². The first-order valence-electron chi connectivity index (χ1n) is 11.1. The molecule has 2 fully saturated rings. The first kappa shape index (κ1) is 20.5. The van der Waals surface area contributed by atoms with Crippen molar-refractivity contribution in [1.82, 2.24) is 14.7 Å². The highest BCUT2D eigenvalue weighted by molar-refractivity contribution is 5.95. The van der Waals surface area contributed by atoms with Crippen LogP contribution in [0.3, 0.4) is 0 Å². The van der Waals surface area contributed by atoms with E-state index in [4.69, 9.17) is 0 Å². The van der Waals surface area contributed by atoms with Gasteiger partial charge in [-0.25, -0.2) is 0 Å². The van der Waals surface area contributed by atoms with Crippen molar-refractivity contribution in [3.8, 4) is 11.1 Å². The second kappa shape index (κ2) is 8.97. The molecule has 2 aliphatic heterocycles. The normalized spacial score (nSPS) is 17.1. The molecule has 0 aromatic heterocycles. The summed E-state index contributed by atoms with van der Waals surface area (Å²) in [6, 6.07) is 27.8. The van der Waals surface area contributed by atoms with Crippen LogP contribution in [-0.4, -0.2) is 65.3 Å². The molecule has 2 aliphatic rings. The van der Waals surface area contributed by atoms with Gasteiger partial charge in [0.25, 0.3) is 11.8 Å². The molecule has 2 saturated heterocycles. The third-order valence-corrected chi connectivity index (χ3v) is 6.33. The summed E-state index contributed by atoms with van der Waals surface area (Å²) in [6.45, 7) is 5.67. The second-order valence-electron chi connectivity index (χ2n) is 8.34. The number of rotatable bonds is 4. The third kappa shape index (κ3) is 4.16. The molecule has 0 N–H and O–H groups in total. The molecule has 5 heteroatoms. The molecule has 5 nitrogen and oxygen atoms in total. The Kier molecular flexibility index (Phi) is 5.73. The molecule has 2 heterocycles. The zero-order chi connectivity index (χ0) is 21.9. The summed E-state index contributed by atoms with van der Waals surface area (Å²) in [5.41, 5.74) is 3.72. The monoisotopic (exact) mass is 424 g/mol.